The van der Waals surface area contributed by atoms with Crippen LogP contribution in [0.5, 0.6) is 0 Å². The summed E-state index contributed by atoms with van der Waals surface area (Å²) >= 11 is 0. The van der Waals surface area contributed by atoms with Crippen LogP contribution < -0.4 is 4.90 Å². The van der Waals surface area contributed by atoms with E-state index < -0.39 is 0 Å². The highest BCUT2D eigenvalue weighted by molar-refractivity contribution is 5.45. The van der Waals surface area contributed by atoms with Crippen molar-refractivity contribution in [1.29, 1.82) is 0 Å². The van der Waals surface area contributed by atoms with E-state index in [0.29, 0.717) is 13.1 Å². The minimum Gasteiger partial charge on any atom is -0.468 e. The van der Waals surface area contributed by atoms with Gasteiger partial charge in [-0.15, -0.1) is 0 Å². The van der Waals surface area contributed by atoms with Gasteiger partial charge in [0, 0.05) is 19.8 Å². The molecule has 0 radical (unpaired) electrons. The van der Waals surface area contributed by atoms with Gasteiger partial charge in [-0.05, 0) is 77.4 Å². The second-order valence-corrected chi connectivity index (χ2v) is 8.48. The first-order chi connectivity index (χ1) is 18.3. The van der Waals surface area contributed by atoms with E-state index >= 15 is 0 Å². The summed E-state index contributed by atoms with van der Waals surface area (Å²) in [6, 6.07) is 17.5. The number of nitrogens with zero attached hydrogens (tertiary/aromatic N) is 2. The number of benzene rings is 2. The number of carbonyl (C=O) groups excluding carboxylic acids is 1. The van der Waals surface area contributed by atoms with E-state index in [1.54, 1.807) is 6.92 Å². The Morgan fingerprint density at radius 2 is 1.16 bits per heavy atom. The van der Waals surface area contributed by atoms with Crippen LogP contribution in [0.2, 0.25) is 0 Å². The van der Waals surface area contributed by atoms with Crippen LogP contribution in [0.3, 0.4) is 0 Å². The van der Waals surface area contributed by atoms with Gasteiger partial charge in [0.05, 0.1) is 6.61 Å². The average molecular weight is 533 g/mol. The van der Waals surface area contributed by atoms with Gasteiger partial charge < -0.3 is 14.5 Å². The molecule has 2 aromatic carbocycles. The monoisotopic (exact) mass is 532 g/mol. The van der Waals surface area contributed by atoms with Crippen molar-refractivity contribution in [2.75, 3.05) is 45.7 Å². The number of ether oxygens (including phenoxy) is 1. The van der Waals surface area contributed by atoms with E-state index in [4.69, 9.17) is 0 Å². The Hall–Kier alpha value is -2.33. The van der Waals surface area contributed by atoms with Crippen LogP contribution in [-0.2, 0) is 9.53 Å². The summed E-state index contributed by atoms with van der Waals surface area (Å²) in [5.74, 6) is 0.798. The van der Waals surface area contributed by atoms with Gasteiger partial charge in [0.15, 0.2) is 0 Å². The molecule has 222 valence electrons. The molecule has 3 rings (SSSR count). The van der Waals surface area contributed by atoms with Gasteiger partial charge in [0.25, 0.3) is 6.47 Å². The van der Waals surface area contributed by atoms with Crippen molar-refractivity contribution in [2.24, 2.45) is 0 Å². The van der Waals surface area contributed by atoms with Gasteiger partial charge in [-0.1, -0.05) is 109 Å². The van der Waals surface area contributed by atoms with E-state index in [-0.39, 0.29) is 0 Å². The van der Waals surface area contributed by atoms with Crippen LogP contribution in [-0.4, -0.2) is 52.2 Å². The quantitative estimate of drug-likeness (QED) is 0.367. The predicted octanol–water partition coefficient (Wildman–Crippen LogP) is 9.54. The molecular weight excluding hydrogens is 468 g/mol. The molecule has 1 aliphatic heterocycles. The maximum absolute atomic E-state index is 9.18. The molecular formula is C34H64N2O2. The molecule has 0 aliphatic carbocycles. The molecule has 1 fully saturated rings. The first kappa shape index (κ1) is 42.7. The van der Waals surface area contributed by atoms with Crippen molar-refractivity contribution < 1.29 is 9.53 Å². The fourth-order valence-electron chi connectivity index (χ4n) is 3.09. The number of piperidine rings is 1. The summed E-state index contributed by atoms with van der Waals surface area (Å²) in [7, 11) is 6.31. The minimum atomic E-state index is 0.431. The van der Waals surface area contributed by atoms with E-state index in [0.717, 1.165) is 5.92 Å². The topological polar surface area (TPSA) is 32.8 Å². The number of carbonyl (C=O) groups is 1. The molecule has 0 N–H and O–H groups in total. The first-order valence-electron chi connectivity index (χ1n) is 14.8. The van der Waals surface area contributed by atoms with Crippen molar-refractivity contribution in [2.45, 2.75) is 101 Å². The number of anilines is 1. The highest BCUT2D eigenvalue weighted by Crippen LogP contribution is 2.27. The molecule has 4 heteroatoms. The third-order valence-corrected chi connectivity index (χ3v) is 5.05. The van der Waals surface area contributed by atoms with Crippen LogP contribution in [0.15, 0.2) is 48.5 Å². The lowest BCUT2D eigenvalue weighted by molar-refractivity contribution is -0.128. The molecule has 38 heavy (non-hydrogen) atoms. The molecule has 0 bridgehead atoms. The van der Waals surface area contributed by atoms with Gasteiger partial charge in [-0.3, -0.25) is 4.79 Å². The van der Waals surface area contributed by atoms with Crippen LogP contribution in [0, 0.1) is 13.8 Å². The van der Waals surface area contributed by atoms with Crippen molar-refractivity contribution in [3.8, 4) is 0 Å². The summed E-state index contributed by atoms with van der Waals surface area (Å²) in [4.78, 5) is 13.7. The Labute approximate surface area is 238 Å². The molecule has 4 nitrogen and oxygen atoms in total. The zero-order valence-electron chi connectivity index (χ0n) is 27.7. The SMILES string of the molecule is CC.CC.CC.CCC.CCOC=O.Cc1ccc(C2CCN(C)CC2)cc1.Cc1ccc(N(C)C)cc1. The number of likely N-dealkylation sites (tertiary alicyclic amines) is 1. The van der Waals surface area contributed by atoms with Gasteiger partial charge in [-0.2, -0.15) is 0 Å². The molecule has 0 atom stereocenters. The fraction of sp³-hybridized carbons (Fsp3) is 0.618. The first-order valence-corrected chi connectivity index (χ1v) is 14.8. The number of hydrogen-bond donors (Lipinski definition) is 0. The van der Waals surface area contributed by atoms with E-state index in [1.807, 2.05) is 55.6 Å². The number of aryl methyl sites for hydroxylation is 2. The maximum atomic E-state index is 9.18. The molecule has 2 aromatic rings. The summed E-state index contributed by atoms with van der Waals surface area (Å²) < 4.78 is 4.15. The number of hydrogen-bond acceptors (Lipinski definition) is 4. The molecule has 0 amide bonds. The predicted molar refractivity (Wildman–Crippen MR) is 174 cm³/mol. The van der Waals surface area contributed by atoms with Gasteiger partial charge in [0.1, 0.15) is 0 Å². The second kappa shape index (κ2) is 32.7. The zero-order chi connectivity index (χ0) is 30.4. The summed E-state index contributed by atoms with van der Waals surface area (Å²) in [5.41, 5.74) is 5.46. The van der Waals surface area contributed by atoms with Crippen molar-refractivity contribution in [1.82, 2.24) is 4.90 Å². The standard InChI is InChI=1S/C13H19N.C9H13N.C3H6O2.C3H8.3C2H6/c1-11-3-5-12(6-4-11)13-7-9-14(2)10-8-13;1-8-4-6-9(7-5-8)10(2)3;1-2-5-3-4;1-3-2;3*1-2/h3-6,13H,7-10H2,1-2H3;4-7H,1-3H3;3H,2H2,1H3;3H2,1-2H3;3*1-2H3. The lowest BCUT2D eigenvalue weighted by Crippen LogP contribution is -2.29. The smallest absolute Gasteiger partial charge is 0.293 e. The molecule has 0 aromatic heterocycles. The molecule has 1 aliphatic rings. The van der Waals surface area contributed by atoms with Crippen molar-refractivity contribution in [3.63, 3.8) is 0 Å². The van der Waals surface area contributed by atoms with Crippen LogP contribution >= 0.6 is 0 Å². The van der Waals surface area contributed by atoms with Crippen molar-refractivity contribution in [3.05, 3.63) is 65.2 Å². The zero-order valence-corrected chi connectivity index (χ0v) is 27.7. The Balaban J connectivity index is -0.000000211. The minimum absolute atomic E-state index is 0.431. The van der Waals surface area contributed by atoms with Gasteiger partial charge in [-0.25, -0.2) is 0 Å². The summed E-state index contributed by atoms with van der Waals surface area (Å²) in [6.07, 6.45) is 3.89. The normalized spacial score (nSPS) is 11.6. The maximum Gasteiger partial charge on any atom is 0.293 e. The lowest BCUT2D eigenvalue weighted by atomic mass is 9.89. The highest BCUT2D eigenvalue weighted by atomic mass is 16.5. The summed E-state index contributed by atoms with van der Waals surface area (Å²) in [5, 5.41) is 0. The fourth-order valence-corrected chi connectivity index (χ4v) is 3.09. The van der Waals surface area contributed by atoms with Crippen LogP contribution in [0.25, 0.3) is 0 Å². The van der Waals surface area contributed by atoms with Crippen molar-refractivity contribution >= 4 is 12.2 Å². The third kappa shape index (κ3) is 25.3. The second-order valence-electron chi connectivity index (χ2n) is 8.48. The Morgan fingerprint density at radius 1 is 0.789 bits per heavy atom. The van der Waals surface area contributed by atoms with Crippen LogP contribution in [0.1, 0.15) is 104 Å². The largest absolute Gasteiger partial charge is 0.468 e. The molecule has 1 heterocycles. The Kier molecular flexibility index (Phi) is 36.8. The van der Waals surface area contributed by atoms with Gasteiger partial charge >= 0.3 is 0 Å². The highest BCUT2D eigenvalue weighted by Gasteiger charge is 2.17. The van der Waals surface area contributed by atoms with E-state index in [1.165, 1.54) is 54.7 Å². The third-order valence-electron chi connectivity index (χ3n) is 5.05. The Bertz CT molecular complexity index is 689. The van der Waals surface area contributed by atoms with Crippen LogP contribution in [0.4, 0.5) is 5.69 Å². The number of rotatable bonds is 4. The summed E-state index contributed by atoms with van der Waals surface area (Å²) in [6.45, 7) is 25.7. The van der Waals surface area contributed by atoms with Gasteiger partial charge in [0.2, 0.25) is 0 Å². The lowest BCUT2D eigenvalue weighted by Gasteiger charge is -2.29. The molecule has 0 saturated carbocycles. The Morgan fingerprint density at radius 3 is 1.45 bits per heavy atom. The average Bonchev–Trinajstić information content (AvgIpc) is 2.95. The van der Waals surface area contributed by atoms with E-state index in [9.17, 15) is 4.79 Å². The molecule has 0 unspecified atom stereocenters. The molecule has 1 saturated heterocycles. The van der Waals surface area contributed by atoms with E-state index in [2.05, 4.69) is 97.8 Å². The molecule has 0 spiro atoms.